The molecule has 4 rings (SSSR count). The van der Waals surface area contributed by atoms with E-state index in [1.165, 1.54) is 0 Å². The van der Waals surface area contributed by atoms with Crippen molar-refractivity contribution in [2.45, 2.75) is 25.8 Å². The van der Waals surface area contributed by atoms with Crippen molar-refractivity contribution in [1.29, 1.82) is 0 Å². The zero-order valence-electron chi connectivity index (χ0n) is 14.2. The quantitative estimate of drug-likeness (QED) is 0.743. The third kappa shape index (κ3) is 3.25. The Morgan fingerprint density at radius 1 is 1.28 bits per heavy atom. The van der Waals surface area contributed by atoms with E-state index < -0.39 is 0 Å². The van der Waals surface area contributed by atoms with Crippen LogP contribution >= 0.6 is 0 Å². The summed E-state index contributed by atoms with van der Waals surface area (Å²) in [6.45, 7) is 3.16. The van der Waals surface area contributed by atoms with Crippen LogP contribution in [0.3, 0.4) is 0 Å². The van der Waals surface area contributed by atoms with Gasteiger partial charge in [0.15, 0.2) is 11.6 Å². The number of H-pyrrole nitrogens is 1. The highest BCUT2D eigenvalue weighted by Crippen LogP contribution is 2.21. The maximum atomic E-state index is 11.7. The summed E-state index contributed by atoms with van der Waals surface area (Å²) in [6.07, 6.45) is 3.90. The first kappa shape index (κ1) is 15.8. The average Bonchev–Trinajstić information content (AvgIpc) is 3.06. The van der Waals surface area contributed by atoms with E-state index in [-0.39, 0.29) is 5.78 Å². The number of carbonyl (C=O) groups excluding carboxylic acids is 1. The topological polar surface area (TPSA) is 69.8 Å². The second kappa shape index (κ2) is 6.64. The highest BCUT2D eigenvalue weighted by atomic mass is 16.5. The normalized spacial score (nSPS) is 15.4. The van der Waals surface area contributed by atoms with Crippen LogP contribution in [0.2, 0.25) is 0 Å². The number of aromatic nitrogens is 3. The Labute approximate surface area is 145 Å². The molecule has 2 aromatic heterocycles. The standard InChI is InChI=1S/C19H20N4O2/c1-13(24)14-3-2-4-15(11-14)17-12-20-19-6-5-18(22-23(17)19)21-16-7-9-25-10-8-16/h2-6,11-12,16H,7-10H2,1H3,(H,21,22)/p+1. The molecule has 25 heavy (non-hydrogen) atoms. The molecule has 0 saturated carbocycles. The van der Waals surface area contributed by atoms with Gasteiger partial charge in [-0.05, 0) is 31.9 Å². The maximum Gasteiger partial charge on any atom is 0.305 e. The van der Waals surface area contributed by atoms with Crippen molar-refractivity contribution in [2.75, 3.05) is 18.5 Å². The Hall–Kier alpha value is -2.73. The van der Waals surface area contributed by atoms with E-state index >= 15 is 0 Å². The first-order valence-electron chi connectivity index (χ1n) is 8.57. The van der Waals surface area contributed by atoms with Gasteiger partial charge in [-0.15, -0.1) is 0 Å². The summed E-state index contributed by atoms with van der Waals surface area (Å²) in [5.74, 6) is 0.898. The molecular formula is C19H21N4O2+. The molecule has 1 fully saturated rings. The molecule has 128 valence electrons. The Kier molecular flexibility index (Phi) is 4.19. The number of imidazole rings is 1. The maximum absolute atomic E-state index is 11.7. The van der Waals surface area contributed by atoms with Gasteiger partial charge in [-0.3, -0.25) is 4.79 Å². The molecule has 0 atom stereocenters. The van der Waals surface area contributed by atoms with Gasteiger partial charge in [-0.1, -0.05) is 27.8 Å². The van der Waals surface area contributed by atoms with Gasteiger partial charge in [-0.25, -0.2) is 4.98 Å². The van der Waals surface area contributed by atoms with E-state index in [1.54, 1.807) is 6.92 Å². The largest absolute Gasteiger partial charge is 0.381 e. The highest BCUT2D eigenvalue weighted by Gasteiger charge is 2.18. The van der Waals surface area contributed by atoms with E-state index in [2.05, 4.69) is 10.3 Å². The number of fused-ring (bicyclic) bond motifs is 1. The second-order valence-corrected chi connectivity index (χ2v) is 6.36. The second-order valence-electron chi connectivity index (χ2n) is 6.36. The predicted octanol–water partition coefficient (Wildman–Crippen LogP) is 2.61. The molecule has 1 aliphatic heterocycles. The SMILES string of the molecule is CC(=O)c1cccc(-c2c[nH+]c3ccc(NC4CCOCC4)nn23)c1. The average molecular weight is 337 g/mol. The zero-order chi connectivity index (χ0) is 17.2. The molecule has 3 aromatic rings. The monoisotopic (exact) mass is 337 g/mol. The Balaban J connectivity index is 1.69. The minimum Gasteiger partial charge on any atom is -0.381 e. The first-order chi connectivity index (χ1) is 12.2. The summed E-state index contributed by atoms with van der Waals surface area (Å²) in [5.41, 5.74) is 3.48. The fourth-order valence-electron chi connectivity index (χ4n) is 3.15. The number of carbonyl (C=O) groups is 1. The lowest BCUT2D eigenvalue weighted by molar-refractivity contribution is -0.343. The van der Waals surface area contributed by atoms with Crippen molar-refractivity contribution >= 4 is 17.2 Å². The number of ketones is 1. The number of benzene rings is 1. The minimum absolute atomic E-state index is 0.0570. The number of Topliss-reactive ketones (excluding diaryl/α,β-unsaturated/α-hetero) is 1. The smallest absolute Gasteiger partial charge is 0.305 e. The summed E-state index contributed by atoms with van der Waals surface area (Å²) in [5, 5.41) is 8.22. The molecule has 1 aromatic carbocycles. The molecule has 6 nitrogen and oxygen atoms in total. The third-order valence-corrected chi connectivity index (χ3v) is 4.56. The summed E-state index contributed by atoms with van der Waals surface area (Å²) < 4.78 is 7.28. The van der Waals surface area contributed by atoms with Gasteiger partial charge in [0, 0.05) is 36.4 Å². The number of nitrogens with zero attached hydrogens (tertiary/aromatic N) is 2. The number of hydrogen-bond acceptors (Lipinski definition) is 4. The predicted molar refractivity (Wildman–Crippen MR) is 94.7 cm³/mol. The fourth-order valence-corrected chi connectivity index (χ4v) is 3.15. The van der Waals surface area contributed by atoms with Crippen LogP contribution in [0.4, 0.5) is 5.82 Å². The van der Waals surface area contributed by atoms with Crippen LogP contribution in [0, 0.1) is 0 Å². The number of nitrogens with one attached hydrogen (secondary N) is 2. The van der Waals surface area contributed by atoms with E-state index in [1.807, 2.05) is 47.1 Å². The first-order valence-corrected chi connectivity index (χ1v) is 8.57. The van der Waals surface area contributed by atoms with Crippen molar-refractivity contribution in [3.63, 3.8) is 0 Å². The van der Waals surface area contributed by atoms with Gasteiger partial charge < -0.3 is 10.1 Å². The van der Waals surface area contributed by atoms with Crippen LogP contribution in [-0.2, 0) is 4.74 Å². The van der Waals surface area contributed by atoms with Crippen molar-refractivity contribution in [3.05, 3.63) is 48.2 Å². The van der Waals surface area contributed by atoms with Crippen LogP contribution < -0.4 is 10.3 Å². The van der Waals surface area contributed by atoms with E-state index in [0.29, 0.717) is 11.6 Å². The van der Waals surface area contributed by atoms with Crippen LogP contribution in [0.25, 0.3) is 16.9 Å². The number of rotatable bonds is 4. The van der Waals surface area contributed by atoms with Crippen LogP contribution in [0.15, 0.2) is 42.6 Å². The lowest BCUT2D eigenvalue weighted by atomic mass is 10.1. The van der Waals surface area contributed by atoms with Gasteiger partial charge in [0.25, 0.3) is 0 Å². The highest BCUT2D eigenvalue weighted by molar-refractivity contribution is 5.95. The fraction of sp³-hybridized carbons (Fsp3) is 0.316. The van der Waals surface area contributed by atoms with E-state index in [4.69, 9.17) is 9.84 Å². The third-order valence-electron chi connectivity index (χ3n) is 4.56. The van der Waals surface area contributed by atoms with Crippen LogP contribution in [0.5, 0.6) is 0 Å². The van der Waals surface area contributed by atoms with Crippen molar-refractivity contribution in [2.24, 2.45) is 0 Å². The molecule has 6 heteroatoms. The molecule has 0 radical (unpaired) electrons. The minimum atomic E-state index is 0.0570. The van der Waals surface area contributed by atoms with E-state index in [9.17, 15) is 4.79 Å². The number of anilines is 1. The molecule has 1 saturated heterocycles. The molecule has 0 unspecified atom stereocenters. The van der Waals surface area contributed by atoms with Gasteiger partial charge >= 0.3 is 5.65 Å². The molecule has 3 heterocycles. The lowest BCUT2D eigenvalue weighted by Crippen LogP contribution is -2.28. The molecule has 2 N–H and O–H groups in total. The molecule has 1 aliphatic rings. The summed E-state index contributed by atoms with van der Waals surface area (Å²) in [6, 6.07) is 12.0. The Morgan fingerprint density at radius 3 is 2.92 bits per heavy atom. The van der Waals surface area contributed by atoms with Gasteiger partial charge in [0.1, 0.15) is 6.20 Å². The Morgan fingerprint density at radius 2 is 2.12 bits per heavy atom. The Bertz CT molecular complexity index is 913. The molecular weight excluding hydrogens is 316 g/mol. The van der Waals surface area contributed by atoms with Crippen LogP contribution in [0.1, 0.15) is 30.1 Å². The summed E-state index contributed by atoms with van der Waals surface area (Å²) >= 11 is 0. The summed E-state index contributed by atoms with van der Waals surface area (Å²) in [4.78, 5) is 14.9. The van der Waals surface area contributed by atoms with Crippen molar-refractivity contribution in [1.82, 2.24) is 9.61 Å². The van der Waals surface area contributed by atoms with Gasteiger partial charge in [0.2, 0.25) is 5.69 Å². The number of ether oxygens (including phenoxy) is 1. The number of hydrogen-bond donors (Lipinski definition) is 1. The van der Waals surface area contributed by atoms with Crippen molar-refractivity contribution in [3.8, 4) is 11.3 Å². The molecule has 0 bridgehead atoms. The van der Waals surface area contributed by atoms with Gasteiger partial charge in [0.05, 0.1) is 0 Å². The van der Waals surface area contributed by atoms with E-state index in [0.717, 1.165) is 48.8 Å². The van der Waals surface area contributed by atoms with Gasteiger partial charge in [-0.2, -0.15) is 0 Å². The molecule has 0 spiro atoms. The zero-order valence-corrected chi connectivity index (χ0v) is 14.2. The van der Waals surface area contributed by atoms with Crippen LogP contribution in [-0.4, -0.2) is 34.7 Å². The molecule has 0 aliphatic carbocycles. The number of aromatic amines is 1. The van der Waals surface area contributed by atoms with Crippen molar-refractivity contribution < 1.29 is 14.5 Å². The lowest BCUT2D eigenvalue weighted by Gasteiger charge is -2.22. The summed E-state index contributed by atoms with van der Waals surface area (Å²) in [7, 11) is 0. The molecule has 0 amide bonds.